The Morgan fingerprint density at radius 1 is 1.40 bits per heavy atom. The van der Waals surface area contributed by atoms with Gasteiger partial charge in [-0.05, 0) is 38.0 Å². The van der Waals surface area contributed by atoms with Crippen LogP contribution >= 0.6 is 15.9 Å². The minimum absolute atomic E-state index is 0.0212. The van der Waals surface area contributed by atoms with E-state index < -0.39 is 11.6 Å². The van der Waals surface area contributed by atoms with Gasteiger partial charge in [-0.2, -0.15) is 0 Å². The van der Waals surface area contributed by atoms with Crippen LogP contribution in [0.4, 0.5) is 0 Å². The molecule has 1 aliphatic heterocycles. The maximum atomic E-state index is 12.6. The van der Waals surface area contributed by atoms with Crippen LogP contribution in [0.15, 0.2) is 28.7 Å². The first-order chi connectivity index (χ1) is 9.37. The second-order valence-electron chi connectivity index (χ2n) is 5.41. The highest BCUT2D eigenvalue weighted by molar-refractivity contribution is 9.10. The molecule has 1 aromatic rings. The molecule has 1 saturated heterocycles. The quantitative estimate of drug-likeness (QED) is 0.920. The number of nitrogens with one attached hydrogen (secondary N) is 1. The van der Waals surface area contributed by atoms with E-state index in [1.165, 1.54) is 0 Å². The molecule has 2 amide bonds. The molecule has 0 bridgehead atoms. The number of benzene rings is 1. The van der Waals surface area contributed by atoms with Gasteiger partial charge in [0.15, 0.2) is 0 Å². The van der Waals surface area contributed by atoms with Gasteiger partial charge in [0.2, 0.25) is 11.8 Å². The fourth-order valence-corrected chi connectivity index (χ4v) is 2.79. The molecule has 1 heterocycles. The van der Waals surface area contributed by atoms with Gasteiger partial charge in [-0.15, -0.1) is 0 Å². The van der Waals surface area contributed by atoms with Crippen LogP contribution in [0.25, 0.3) is 0 Å². The Kier molecular flexibility index (Phi) is 4.18. The Morgan fingerprint density at radius 2 is 2.10 bits per heavy atom. The van der Waals surface area contributed by atoms with Gasteiger partial charge >= 0.3 is 0 Å². The number of halogens is 1. The third kappa shape index (κ3) is 2.73. The average molecular weight is 339 g/mol. The lowest BCUT2D eigenvalue weighted by Crippen LogP contribution is -2.68. The zero-order valence-corrected chi connectivity index (χ0v) is 13.5. The number of nitrogens with zero attached hydrogens (tertiary/aromatic N) is 1. The molecular formula is C15H19BrN2O2. The number of amides is 2. The summed E-state index contributed by atoms with van der Waals surface area (Å²) in [6.45, 7) is 5.90. The van der Waals surface area contributed by atoms with Crippen molar-refractivity contribution in [2.24, 2.45) is 0 Å². The Labute approximate surface area is 127 Å². The van der Waals surface area contributed by atoms with E-state index in [4.69, 9.17) is 0 Å². The lowest BCUT2D eigenvalue weighted by Gasteiger charge is -2.43. The molecule has 2 atom stereocenters. The number of hydrogen-bond donors (Lipinski definition) is 1. The minimum atomic E-state index is -0.796. The Balaban J connectivity index is 2.28. The van der Waals surface area contributed by atoms with Crippen LogP contribution in [0.5, 0.6) is 0 Å². The molecule has 4 nitrogen and oxygen atoms in total. The largest absolute Gasteiger partial charge is 0.340 e. The summed E-state index contributed by atoms with van der Waals surface area (Å²) in [6, 6.07) is 7.35. The van der Waals surface area contributed by atoms with E-state index in [2.05, 4.69) is 21.2 Å². The molecule has 5 heteroatoms. The van der Waals surface area contributed by atoms with Gasteiger partial charge in [-0.25, -0.2) is 0 Å². The van der Waals surface area contributed by atoms with Crippen molar-refractivity contribution >= 4 is 27.7 Å². The number of piperazine rings is 1. The van der Waals surface area contributed by atoms with Crippen molar-refractivity contribution in [2.45, 2.75) is 45.3 Å². The Bertz CT molecular complexity index is 546. The Morgan fingerprint density at radius 3 is 2.70 bits per heavy atom. The van der Waals surface area contributed by atoms with Crippen LogP contribution in [0.3, 0.4) is 0 Å². The summed E-state index contributed by atoms with van der Waals surface area (Å²) in [5.41, 5.74) is 0.211. The van der Waals surface area contributed by atoms with Crippen molar-refractivity contribution in [2.75, 3.05) is 0 Å². The first-order valence-electron chi connectivity index (χ1n) is 6.75. The monoisotopic (exact) mass is 338 g/mol. The summed E-state index contributed by atoms with van der Waals surface area (Å²) in [6.07, 6.45) is 0.583. The first-order valence-corrected chi connectivity index (χ1v) is 7.54. The van der Waals surface area contributed by atoms with Gasteiger partial charge in [-0.3, -0.25) is 9.59 Å². The van der Waals surface area contributed by atoms with Crippen molar-refractivity contribution < 1.29 is 9.59 Å². The fourth-order valence-electron chi connectivity index (χ4n) is 2.34. The summed E-state index contributed by atoms with van der Waals surface area (Å²) in [7, 11) is 0. The van der Waals surface area contributed by atoms with E-state index in [-0.39, 0.29) is 11.8 Å². The van der Waals surface area contributed by atoms with Crippen molar-refractivity contribution in [3.63, 3.8) is 0 Å². The topological polar surface area (TPSA) is 49.4 Å². The molecule has 20 heavy (non-hydrogen) atoms. The SMILES string of the molecule is CCC1(C)NC(=O)C(C)N(Cc2cccc(Br)c2)C1=O. The van der Waals surface area contributed by atoms with E-state index in [9.17, 15) is 9.59 Å². The number of carbonyl (C=O) groups is 2. The summed E-state index contributed by atoms with van der Waals surface area (Å²) < 4.78 is 0.967. The van der Waals surface area contributed by atoms with Crippen LogP contribution in [0.2, 0.25) is 0 Å². The number of hydrogen-bond acceptors (Lipinski definition) is 2. The molecule has 1 N–H and O–H groups in total. The summed E-state index contributed by atoms with van der Waals surface area (Å²) in [5.74, 6) is -0.115. The minimum Gasteiger partial charge on any atom is -0.340 e. The van der Waals surface area contributed by atoms with Gasteiger partial charge < -0.3 is 10.2 Å². The Hall–Kier alpha value is -1.36. The molecule has 0 radical (unpaired) electrons. The maximum Gasteiger partial charge on any atom is 0.248 e. The predicted molar refractivity (Wildman–Crippen MR) is 81.0 cm³/mol. The van der Waals surface area contributed by atoms with Crippen LogP contribution in [0, 0.1) is 0 Å². The van der Waals surface area contributed by atoms with Crippen LogP contribution in [0.1, 0.15) is 32.8 Å². The highest BCUT2D eigenvalue weighted by Gasteiger charge is 2.45. The smallest absolute Gasteiger partial charge is 0.248 e. The van der Waals surface area contributed by atoms with Gasteiger partial charge in [-0.1, -0.05) is 35.0 Å². The fraction of sp³-hybridized carbons (Fsp3) is 0.467. The first kappa shape index (κ1) is 15.0. The zero-order chi connectivity index (χ0) is 14.9. The van der Waals surface area contributed by atoms with Crippen molar-refractivity contribution in [1.29, 1.82) is 0 Å². The van der Waals surface area contributed by atoms with Crippen LogP contribution < -0.4 is 5.32 Å². The van der Waals surface area contributed by atoms with Gasteiger partial charge in [0.1, 0.15) is 11.6 Å². The second kappa shape index (κ2) is 5.56. The molecule has 0 aromatic heterocycles. The predicted octanol–water partition coefficient (Wildman–Crippen LogP) is 2.46. The third-order valence-electron chi connectivity index (χ3n) is 3.93. The number of rotatable bonds is 3. The van der Waals surface area contributed by atoms with E-state index >= 15 is 0 Å². The van der Waals surface area contributed by atoms with Crippen molar-refractivity contribution in [3.8, 4) is 0 Å². The molecule has 2 unspecified atom stereocenters. The lowest BCUT2D eigenvalue weighted by molar-refractivity contribution is -0.154. The van der Waals surface area contributed by atoms with Crippen molar-refractivity contribution in [1.82, 2.24) is 10.2 Å². The highest BCUT2D eigenvalue weighted by Crippen LogP contribution is 2.24. The average Bonchev–Trinajstić information content (AvgIpc) is 2.41. The summed E-state index contributed by atoms with van der Waals surface area (Å²) in [4.78, 5) is 26.3. The van der Waals surface area contributed by atoms with Gasteiger partial charge in [0, 0.05) is 11.0 Å². The second-order valence-corrected chi connectivity index (χ2v) is 6.33. The molecule has 108 valence electrons. The number of carbonyl (C=O) groups excluding carboxylic acids is 2. The molecule has 1 fully saturated rings. The normalized spacial score (nSPS) is 26.6. The molecule has 1 aliphatic rings. The van der Waals surface area contributed by atoms with Crippen molar-refractivity contribution in [3.05, 3.63) is 34.3 Å². The van der Waals surface area contributed by atoms with E-state index in [1.807, 2.05) is 31.2 Å². The van der Waals surface area contributed by atoms with E-state index in [0.29, 0.717) is 13.0 Å². The van der Waals surface area contributed by atoms with Crippen LogP contribution in [-0.4, -0.2) is 28.3 Å². The molecule has 0 saturated carbocycles. The van der Waals surface area contributed by atoms with E-state index in [1.54, 1.807) is 18.7 Å². The van der Waals surface area contributed by atoms with Gasteiger partial charge in [0.05, 0.1) is 0 Å². The van der Waals surface area contributed by atoms with E-state index in [0.717, 1.165) is 10.0 Å². The zero-order valence-electron chi connectivity index (χ0n) is 11.9. The molecular weight excluding hydrogens is 320 g/mol. The van der Waals surface area contributed by atoms with Gasteiger partial charge in [0.25, 0.3) is 0 Å². The molecule has 2 rings (SSSR count). The molecule has 0 spiro atoms. The summed E-state index contributed by atoms with van der Waals surface area (Å²) in [5, 5.41) is 2.83. The third-order valence-corrected chi connectivity index (χ3v) is 4.42. The van der Waals surface area contributed by atoms with Crippen LogP contribution in [-0.2, 0) is 16.1 Å². The highest BCUT2D eigenvalue weighted by atomic mass is 79.9. The molecule has 0 aliphatic carbocycles. The summed E-state index contributed by atoms with van der Waals surface area (Å²) >= 11 is 3.42. The maximum absolute atomic E-state index is 12.6. The lowest BCUT2D eigenvalue weighted by atomic mass is 9.92. The molecule has 1 aromatic carbocycles. The standard InChI is InChI=1S/C15H19BrN2O2/c1-4-15(3)14(20)18(10(2)13(19)17-15)9-11-6-5-7-12(16)8-11/h5-8,10H,4,9H2,1-3H3,(H,17,19).